The summed E-state index contributed by atoms with van der Waals surface area (Å²) in [5.74, 6) is -0.318. The molecule has 3 aromatic rings. The molecule has 0 unspecified atom stereocenters. The maximum atomic E-state index is 11.7. The van der Waals surface area contributed by atoms with Gasteiger partial charge in [-0.3, -0.25) is 9.78 Å². The number of aromatic nitrogens is 1. The molecular weight excluding hydrogens is 338 g/mol. The number of carbonyl (C=O) groups is 1. The third kappa shape index (κ3) is 3.72. The van der Waals surface area contributed by atoms with E-state index in [1.165, 1.54) is 12.3 Å². The molecule has 134 valence electrons. The second-order valence-electron chi connectivity index (χ2n) is 6.12. The summed E-state index contributed by atoms with van der Waals surface area (Å²) in [4.78, 5) is 18.1. The standard InChI is InChI=1S/C21H19N5O/c1-4-19(27)25-18-10-6-9-17-20(14(12-22)13-23-21(17)18)24-15-7-5-8-16(11-15)26(2)3/h4-11,13H,1H2,2-3H3,(H,23,24)(H,25,27). The number of carbonyl (C=O) groups excluding carboxylic acids is 1. The fourth-order valence-electron chi connectivity index (χ4n) is 2.73. The lowest BCUT2D eigenvalue weighted by molar-refractivity contribution is -0.111. The van der Waals surface area contributed by atoms with Crippen LogP contribution in [0.15, 0.2) is 61.3 Å². The van der Waals surface area contributed by atoms with Crippen LogP contribution in [-0.2, 0) is 4.79 Å². The Hall–Kier alpha value is -3.85. The highest BCUT2D eigenvalue weighted by atomic mass is 16.1. The molecule has 0 saturated heterocycles. The van der Waals surface area contributed by atoms with Crippen molar-refractivity contribution in [2.24, 2.45) is 0 Å². The van der Waals surface area contributed by atoms with E-state index >= 15 is 0 Å². The van der Waals surface area contributed by atoms with Crippen LogP contribution in [0, 0.1) is 11.3 Å². The van der Waals surface area contributed by atoms with E-state index in [1.54, 1.807) is 6.07 Å². The van der Waals surface area contributed by atoms with E-state index in [1.807, 2.05) is 55.4 Å². The molecule has 0 atom stereocenters. The second kappa shape index (κ2) is 7.58. The average molecular weight is 357 g/mol. The van der Waals surface area contributed by atoms with Gasteiger partial charge in [-0.25, -0.2) is 0 Å². The van der Waals surface area contributed by atoms with Gasteiger partial charge in [0.25, 0.3) is 0 Å². The number of benzene rings is 2. The number of nitriles is 1. The second-order valence-corrected chi connectivity index (χ2v) is 6.12. The van der Waals surface area contributed by atoms with Crippen LogP contribution < -0.4 is 15.5 Å². The number of pyridine rings is 1. The van der Waals surface area contributed by atoms with Gasteiger partial charge in [0.05, 0.1) is 22.5 Å². The van der Waals surface area contributed by atoms with Gasteiger partial charge in [-0.15, -0.1) is 0 Å². The predicted octanol–water partition coefficient (Wildman–Crippen LogP) is 4.04. The first kappa shape index (κ1) is 18.0. The molecule has 1 heterocycles. The number of nitrogens with zero attached hydrogens (tertiary/aromatic N) is 3. The molecule has 3 rings (SSSR count). The quantitative estimate of drug-likeness (QED) is 0.674. The number of amides is 1. The third-order valence-corrected chi connectivity index (χ3v) is 4.09. The molecule has 0 spiro atoms. The highest BCUT2D eigenvalue weighted by Crippen LogP contribution is 2.33. The normalized spacial score (nSPS) is 10.1. The molecule has 1 amide bonds. The number of hydrogen-bond donors (Lipinski definition) is 2. The van der Waals surface area contributed by atoms with Gasteiger partial charge >= 0.3 is 0 Å². The smallest absolute Gasteiger partial charge is 0.247 e. The van der Waals surface area contributed by atoms with E-state index in [-0.39, 0.29) is 5.91 Å². The van der Waals surface area contributed by atoms with Crippen LogP contribution >= 0.6 is 0 Å². The summed E-state index contributed by atoms with van der Waals surface area (Å²) in [6, 6.07) is 15.5. The first-order valence-corrected chi connectivity index (χ1v) is 8.33. The van der Waals surface area contributed by atoms with Gasteiger partial charge in [0.15, 0.2) is 0 Å². The van der Waals surface area contributed by atoms with Crippen molar-refractivity contribution in [2.75, 3.05) is 29.6 Å². The van der Waals surface area contributed by atoms with Crippen molar-refractivity contribution in [2.45, 2.75) is 0 Å². The zero-order valence-corrected chi connectivity index (χ0v) is 15.2. The number of anilines is 4. The minimum absolute atomic E-state index is 0.318. The summed E-state index contributed by atoms with van der Waals surface area (Å²) < 4.78 is 0. The van der Waals surface area contributed by atoms with E-state index in [0.717, 1.165) is 16.8 Å². The summed E-state index contributed by atoms with van der Waals surface area (Å²) in [6.45, 7) is 3.47. The molecule has 0 radical (unpaired) electrons. The minimum atomic E-state index is -0.318. The summed E-state index contributed by atoms with van der Waals surface area (Å²) in [6.07, 6.45) is 2.71. The number of nitrogens with one attached hydrogen (secondary N) is 2. The zero-order chi connectivity index (χ0) is 19.4. The van der Waals surface area contributed by atoms with Gasteiger partial charge < -0.3 is 15.5 Å². The molecule has 0 saturated carbocycles. The Morgan fingerprint density at radius 1 is 1.26 bits per heavy atom. The Balaban J connectivity index is 2.12. The summed E-state index contributed by atoms with van der Waals surface area (Å²) in [5.41, 5.74) is 4.12. The minimum Gasteiger partial charge on any atom is -0.378 e. The third-order valence-electron chi connectivity index (χ3n) is 4.09. The van der Waals surface area contributed by atoms with Gasteiger partial charge in [-0.2, -0.15) is 5.26 Å². The first-order valence-electron chi connectivity index (χ1n) is 8.33. The SMILES string of the molecule is C=CC(=O)Nc1cccc2c(Nc3cccc(N(C)C)c3)c(C#N)cnc12. The summed E-state index contributed by atoms with van der Waals surface area (Å²) in [7, 11) is 3.94. The molecule has 0 aliphatic heterocycles. The number of rotatable bonds is 5. The van der Waals surface area contributed by atoms with Gasteiger partial charge in [0, 0.05) is 37.1 Å². The first-order chi connectivity index (χ1) is 13.0. The molecular formula is C21H19N5O. The number of fused-ring (bicyclic) bond motifs is 1. The highest BCUT2D eigenvalue weighted by molar-refractivity contribution is 6.08. The van der Waals surface area contributed by atoms with Crippen LogP contribution in [0.2, 0.25) is 0 Å². The van der Waals surface area contributed by atoms with E-state index in [4.69, 9.17) is 0 Å². The molecule has 2 N–H and O–H groups in total. The van der Waals surface area contributed by atoms with Crippen molar-refractivity contribution in [3.05, 3.63) is 66.9 Å². The largest absolute Gasteiger partial charge is 0.378 e. The Bertz CT molecular complexity index is 1070. The van der Waals surface area contributed by atoms with Crippen molar-refractivity contribution in [3.63, 3.8) is 0 Å². The highest BCUT2D eigenvalue weighted by Gasteiger charge is 2.13. The van der Waals surface area contributed by atoms with E-state index < -0.39 is 0 Å². The molecule has 0 aliphatic carbocycles. The van der Waals surface area contributed by atoms with E-state index in [0.29, 0.717) is 22.5 Å². The van der Waals surface area contributed by atoms with Crippen LogP contribution in [-0.4, -0.2) is 25.0 Å². The fourth-order valence-corrected chi connectivity index (χ4v) is 2.73. The lowest BCUT2D eigenvalue weighted by Gasteiger charge is -2.16. The molecule has 0 fully saturated rings. The van der Waals surface area contributed by atoms with Crippen molar-refractivity contribution >= 4 is 39.6 Å². The average Bonchev–Trinajstić information content (AvgIpc) is 2.68. The monoisotopic (exact) mass is 357 g/mol. The zero-order valence-electron chi connectivity index (χ0n) is 15.2. The summed E-state index contributed by atoms with van der Waals surface area (Å²) in [5, 5.41) is 16.4. The van der Waals surface area contributed by atoms with Crippen LogP contribution in [0.5, 0.6) is 0 Å². The van der Waals surface area contributed by atoms with Gasteiger partial charge in [0.1, 0.15) is 6.07 Å². The van der Waals surface area contributed by atoms with Crippen molar-refractivity contribution < 1.29 is 4.79 Å². The predicted molar refractivity (Wildman–Crippen MR) is 109 cm³/mol. The van der Waals surface area contributed by atoms with Crippen molar-refractivity contribution in [3.8, 4) is 6.07 Å². The van der Waals surface area contributed by atoms with Crippen LogP contribution in [0.25, 0.3) is 10.9 Å². The maximum Gasteiger partial charge on any atom is 0.247 e. The molecule has 0 bridgehead atoms. The van der Waals surface area contributed by atoms with Gasteiger partial charge in [0.2, 0.25) is 5.91 Å². The Labute approximate surface area is 157 Å². The van der Waals surface area contributed by atoms with Crippen LogP contribution in [0.3, 0.4) is 0 Å². The fraction of sp³-hybridized carbons (Fsp3) is 0.0952. The van der Waals surface area contributed by atoms with E-state index in [2.05, 4.69) is 28.3 Å². The van der Waals surface area contributed by atoms with Crippen molar-refractivity contribution in [1.29, 1.82) is 5.26 Å². The molecule has 0 aliphatic rings. The van der Waals surface area contributed by atoms with Crippen LogP contribution in [0.4, 0.5) is 22.7 Å². The lowest BCUT2D eigenvalue weighted by Crippen LogP contribution is -2.09. The van der Waals surface area contributed by atoms with Crippen LogP contribution in [0.1, 0.15) is 5.56 Å². The Morgan fingerprint density at radius 2 is 2.04 bits per heavy atom. The summed E-state index contributed by atoms with van der Waals surface area (Å²) >= 11 is 0. The lowest BCUT2D eigenvalue weighted by atomic mass is 10.1. The molecule has 1 aromatic heterocycles. The van der Waals surface area contributed by atoms with E-state index in [9.17, 15) is 10.1 Å². The number of para-hydroxylation sites is 1. The molecule has 6 heteroatoms. The van der Waals surface area contributed by atoms with Crippen molar-refractivity contribution in [1.82, 2.24) is 4.98 Å². The Kier molecular flexibility index (Phi) is 5.04. The van der Waals surface area contributed by atoms with Gasteiger partial charge in [-0.05, 0) is 30.3 Å². The topological polar surface area (TPSA) is 81.0 Å². The Morgan fingerprint density at radius 3 is 2.74 bits per heavy atom. The molecule has 6 nitrogen and oxygen atoms in total. The molecule has 27 heavy (non-hydrogen) atoms. The number of hydrogen-bond acceptors (Lipinski definition) is 5. The molecule has 2 aromatic carbocycles. The maximum absolute atomic E-state index is 11.7. The van der Waals surface area contributed by atoms with Gasteiger partial charge in [-0.1, -0.05) is 24.8 Å².